The molecule has 142 valence electrons. The van der Waals surface area contributed by atoms with E-state index in [0.717, 1.165) is 19.1 Å². The first kappa shape index (κ1) is 17.9. The van der Waals surface area contributed by atoms with E-state index in [1.54, 1.807) is 6.92 Å². The summed E-state index contributed by atoms with van der Waals surface area (Å²) >= 11 is 0. The average molecular weight is 354 g/mol. The zero-order valence-corrected chi connectivity index (χ0v) is 16.0. The Morgan fingerprint density at radius 2 is 1.76 bits per heavy atom. The van der Waals surface area contributed by atoms with E-state index in [9.17, 15) is 9.90 Å². The van der Waals surface area contributed by atoms with Crippen molar-refractivity contribution in [3.63, 3.8) is 0 Å². The van der Waals surface area contributed by atoms with Crippen molar-refractivity contribution in [1.29, 1.82) is 0 Å². The van der Waals surface area contributed by atoms with E-state index in [-0.39, 0.29) is 30.3 Å². The highest BCUT2D eigenvalue weighted by molar-refractivity contribution is 5.69. The molecule has 4 rings (SSSR count). The smallest absolute Gasteiger partial charge is 0.165 e. The molecule has 0 unspecified atom stereocenters. The van der Waals surface area contributed by atoms with Gasteiger partial charge in [-0.15, -0.1) is 0 Å². The molecule has 2 aliphatic heterocycles. The molecule has 2 aliphatic carbocycles. The van der Waals surface area contributed by atoms with E-state index >= 15 is 0 Å². The third-order valence-corrected chi connectivity index (χ3v) is 7.49. The van der Waals surface area contributed by atoms with Crippen LogP contribution in [0.1, 0.15) is 54.4 Å². The zero-order chi connectivity index (χ0) is 18.5. The summed E-state index contributed by atoms with van der Waals surface area (Å²) in [7, 11) is 0. The van der Waals surface area contributed by atoms with Crippen molar-refractivity contribution in [3.05, 3.63) is 0 Å². The molecule has 6 nitrogen and oxygen atoms in total. The molecule has 2 heterocycles. The van der Waals surface area contributed by atoms with Gasteiger partial charge in [0.05, 0.1) is 12.2 Å². The first-order chi connectivity index (χ1) is 11.4. The van der Waals surface area contributed by atoms with E-state index in [2.05, 4.69) is 13.8 Å². The van der Waals surface area contributed by atoms with Crippen molar-refractivity contribution in [2.24, 2.45) is 16.7 Å². The van der Waals surface area contributed by atoms with E-state index in [1.807, 2.05) is 20.8 Å². The third-order valence-electron chi connectivity index (χ3n) is 7.49. The van der Waals surface area contributed by atoms with Gasteiger partial charge < -0.3 is 24.1 Å². The van der Waals surface area contributed by atoms with Crippen LogP contribution in [0.5, 0.6) is 0 Å². The highest BCUT2D eigenvalue weighted by atomic mass is 16.8. The minimum atomic E-state index is -1.52. The van der Waals surface area contributed by atoms with Crippen LogP contribution in [0.4, 0.5) is 0 Å². The largest absolute Gasteiger partial charge is 0.384 e. The molecule has 6 heteroatoms. The first-order valence-corrected chi connectivity index (χ1v) is 9.23. The molecule has 0 spiro atoms. The van der Waals surface area contributed by atoms with Crippen molar-refractivity contribution in [2.75, 3.05) is 6.79 Å². The Morgan fingerprint density at radius 1 is 1.08 bits per heavy atom. The number of ether oxygens (including phenoxy) is 4. The van der Waals surface area contributed by atoms with Crippen molar-refractivity contribution in [3.8, 4) is 0 Å². The van der Waals surface area contributed by atoms with Gasteiger partial charge >= 0.3 is 0 Å². The minimum absolute atomic E-state index is 0.00390. The van der Waals surface area contributed by atoms with Gasteiger partial charge in [0.1, 0.15) is 18.5 Å². The van der Waals surface area contributed by atoms with Gasteiger partial charge in [-0.25, -0.2) is 0 Å². The van der Waals surface area contributed by atoms with Gasteiger partial charge in [-0.3, -0.25) is 4.79 Å². The van der Waals surface area contributed by atoms with Gasteiger partial charge in [0, 0.05) is 11.3 Å². The Bertz CT molecular complexity index is 599. The highest BCUT2D eigenvalue weighted by Crippen LogP contribution is 2.68. The minimum Gasteiger partial charge on any atom is -0.384 e. The standard InChI is InChI=1S/C19H30O6/c1-15(2)8-7-11-17(5)13(15)12-14(25-16(3,4)24-12)18(6,21)19(17,9-20)23-10-22-11/h9,11-14,21H,7-8,10H2,1-6H3/t11-,12-,13-,14-,17-,18+,19-/m0/s1. The predicted octanol–water partition coefficient (Wildman–Crippen LogP) is 2.02. The molecule has 0 aromatic carbocycles. The van der Waals surface area contributed by atoms with E-state index in [0.29, 0.717) is 0 Å². The van der Waals surface area contributed by atoms with Gasteiger partial charge in [-0.05, 0) is 39.0 Å². The lowest BCUT2D eigenvalue weighted by molar-refractivity contribution is -0.386. The zero-order valence-electron chi connectivity index (χ0n) is 16.0. The molecule has 2 saturated heterocycles. The molecule has 25 heavy (non-hydrogen) atoms. The number of rotatable bonds is 1. The summed E-state index contributed by atoms with van der Waals surface area (Å²) in [6.45, 7) is 11.8. The SMILES string of the molecule is CC1(C)O[C@H]2[C@H]3C(C)(C)CC[C@@H]4OCO[C@@](C=O)([C@@]43C)[C@](C)(O)[C@H]2O1. The molecule has 0 radical (unpaired) electrons. The second-order valence-electron chi connectivity index (χ2n) is 9.73. The summed E-state index contributed by atoms with van der Waals surface area (Å²) in [6, 6.07) is 0. The molecule has 0 bridgehead atoms. The van der Waals surface area contributed by atoms with Gasteiger partial charge in [0.2, 0.25) is 0 Å². The van der Waals surface area contributed by atoms with Crippen LogP contribution >= 0.6 is 0 Å². The van der Waals surface area contributed by atoms with E-state index in [1.165, 1.54) is 0 Å². The number of carbonyl (C=O) groups is 1. The van der Waals surface area contributed by atoms with Gasteiger partial charge in [0.15, 0.2) is 17.7 Å². The van der Waals surface area contributed by atoms with Crippen LogP contribution < -0.4 is 0 Å². The average Bonchev–Trinajstić information content (AvgIpc) is 2.80. The van der Waals surface area contributed by atoms with Gasteiger partial charge in [0.25, 0.3) is 0 Å². The van der Waals surface area contributed by atoms with E-state index < -0.39 is 28.5 Å². The summed E-state index contributed by atoms with van der Waals surface area (Å²) in [6.07, 6.45) is 1.46. The van der Waals surface area contributed by atoms with Crippen LogP contribution in [0.15, 0.2) is 0 Å². The lowest BCUT2D eigenvalue weighted by Gasteiger charge is -2.70. The van der Waals surface area contributed by atoms with Crippen molar-refractivity contribution >= 4 is 6.29 Å². The number of hydrogen-bond acceptors (Lipinski definition) is 6. The molecule has 4 fully saturated rings. The van der Waals surface area contributed by atoms with Crippen LogP contribution in [0.25, 0.3) is 0 Å². The topological polar surface area (TPSA) is 74.2 Å². The third kappa shape index (κ3) is 1.90. The maximum atomic E-state index is 12.5. The molecule has 0 amide bonds. The molecule has 0 aromatic rings. The van der Waals surface area contributed by atoms with Gasteiger partial charge in [-0.2, -0.15) is 0 Å². The lowest BCUT2D eigenvalue weighted by atomic mass is 9.41. The number of fused-ring (bicyclic) bond motifs is 2. The van der Waals surface area contributed by atoms with Crippen LogP contribution in [0.2, 0.25) is 0 Å². The number of aliphatic hydroxyl groups is 1. The molecule has 4 aliphatic rings. The maximum absolute atomic E-state index is 12.5. The Kier molecular flexibility index (Phi) is 3.46. The Morgan fingerprint density at radius 3 is 2.40 bits per heavy atom. The predicted molar refractivity (Wildman–Crippen MR) is 88.7 cm³/mol. The van der Waals surface area contributed by atoms with E-state index in [4.69, 9.17) is 18.9 Å². The second kappa shape index (κ2) is 4.84. The monoisotopic (exact) mass is 354 g/mol. The Labute approximate surface area is 149 Å². The molecule has 2 saturated carbocycles. The fraction of sp³-hybridized carbons (Fsp3) is 0.947. The maximum Gasteiger partial charge on any atom is 0.165 e. The lowest BCUT2D eigenvalue weighted by Crippen LogP contribution is -2.83. The van der Waals surface area contributed by atoms with Crippen molar-refractivity contribution in [1.82, 2.24) is 0 Å². The normalized spacial score (nSPS) is 56.0. The fourth-order valence-corrected chi connectivity index (χ4v) is 6.50. The van der Waals surface area contributed by atoms with Crippen LogP contribution in [-0.2, 0) is 23.7 Å². The van der Waals surface area contributed by atoms with Crippen molar-refractivity contribution < 1.29 is 28.8 Å². The Hall–Kier alpha value is -0.530. The van der Waals surface area contributed by atoms with Gasteiger partial charge in [-0.1, -0.05) is 20.8 Å². The van der Waals surface area contributed by atoms with Crippen LogP contribution in [-0.4, -0.2) is 53.5 Å². The number of hydrogen-bond donors (Lipinski definition) is 1. The number of aldehydes is 1. The quantitative estimate of drug-likeness (QED) is 0.726. The summed E-state index contributed by atoms with van der Waals surface area (Å²) in [4.78, 5) is 12.5. The van der Waals surface area contributed by atoms with Crippen LogP contribution in [0.3, 0.4) is 0 Å². The molecule has 1 N–H and O–H groups in total. The van der Waals surface area contributed by atoms with Crippen molar-refractivity contribution in [2.45, 2.75) is 89.7 Å². The molecule has 0 aromatic heterocycles. The first-order valence-electron chi connectivity index (χ1n) is 9.23. The Balaban J connectivity index is 1.98. The number of carbonyl (C=O) groups excluding carboxylic acids is 1. The summed E-state index contributed by atoms with van der Waals surface area (Å²) in [5.41, 5.74) is -3.72. The molecular formula is C19H30O6. The fourth-order valence-electron chi connectivity index (χ4n) is 6.50. The second-order valence-corrected chi connectivity index (χ2v) is 9.73. The molecule has 7 atom stereocenters. The summed E-state index contributed by atoms with van der Waals surface area (Å²) in [5.74, 6) is -0.867. The van der Waals surface area contributed by atoms with Crippen LogP contribution in [0, 0.1) is 16.7 Å². The molecular weight excluding hydrogens is 324 g/mol. The highest BCUT2D eigenvalue weighted by Gasteiger charge is 2.80. The summed E-state index contributed by atoms with van der Waals surface area (Å²) < 4.78 is 24.3. The summed E-state index contributed by atoms with van der Waals surface area (Å²) in [5, 5.41) is 11.6.